The summed E-state index contributed by atoms with van der Waals surface area (Å²) < 4.78 is 1.06. The van der Waals surface area contributed by atoms with Crippen molar-refractivity contribution >= 4 is 27.7 Å². The first-order valence-electron chi connectivity index (χ1n) is 4.57. The lowest BCUT2D eigenvalue weighted by Gasteiger charge is -2.00. The number of nitrogens with zero attached hydrogens (tertiary/aromatic N) is 2. The molecule has 0 N–H and O–H groups in total. The zero-order chi connectivity index (χ0) is 11.4. The fourth-order valence-electron chi connectivity index (χ4n) is 1.13. The molecule has 0 fully saturated rings. The fourth-order valence-corrected chi connectivity index (χ4v) is 2.15. The second-order valence-corrected chi connectivity index (χ2v) is 5.06. The lowest BCUT2D eigenvalue weighted by molar-refractivity contribution is 1.12. The Morgan fingerprint density at radius 3 is 2.44 bits per heavy atom. The van der Waals surface area contributed by atoms with E-state index in [1.54, 1.807) is 24.0 Å². The Hall–Kier alpha value is -1.31. The van der Waals surface area contributed by atoms with Gasteiger partial charge in [0.2, 0.25) is 0 Å². The average molecular weight is 291 g/mol. The molecular weight excluding hydrogens is 284 g/mol. The van der Waals surface area contributed by atoms with Crippen molar-refractivity contribution in [1.29, 1.82) is 5.26 Å². The van der Waals surface area contributed by atoms with Crippen molar-refractivity contribution in [1.82, 2.24) is 4.98 Å². The van der Waals surface area contributed by atoms with Gasteiger partial charge in [0.05, 0.1) is 5.56 Å². The largest absolute Gasteiger partial charge is 0.248 e. The summed E-state index contributed by atoms with van der Waals surface area (Å²) in [6.45, 7) is 0. The maximum Gasteiger partial charge on any atom is 0.101 e. The summed E-state index contributed by atoms with van der Waals surface area (Å²) in [5, 5.41) is 9.54. The summed E-state index contributed by atoms with van der Waals surface area (Å²) in [5.41, 5.74) is 0.583. The third-order valence-corrected chi connectivity index (χ3v) is 3.39. The first kappa shape index (κ1) is 11.2. The van der Waals surface area contributed by atoms with E-state index in [1.807, 2.05) is 36.4 Å². The van der Waals surface area contributed by atoms with Crippen LogP contribution in [0, 0.1) is 11.3 Å². The van der Waals surface area contributed by atoms with Gasteiger partial charge < -0.3 is 0 Å². The van der Waals surface area contributed by atoms with Crippen LogP contribution in [0.1, 0.15) is 5.56 Å². The van der Waals surface area contributed by atoms with Gasteiger partial charge in [0.1, 0.15) is 11.1 Å². The first-order valence-corrected chi connectivity index (χ1v) is 6.18. The predicted octanol–water partition coefficient (Wildman–Crippen LogP) is 3.87. The van der Waals surface area contributed by atoms with Gasteiger partial charge in [-0.2, -0.15) is 5.26 Å². The number of pyridine rings is 1. The molecule has 16 heavy (non-hydrogen) atoms. The SMILES string of the molecule is N#Cc1ccc(Sc2ccc(Br)cc2)nc1. The molecule has 0 spiro atoms. The van der Waals surface area contributed by atoms with Gasteiger partial charge >= 0.3 is 0 Å². The standard InChI is InChI=1S/C12H7BrN2S/c13-10-2-4-11(5-3-10)16-12-6-1-9(7-14)8-15-12/h1-6,8H. The minimum atomic E-state index is 0.583. The van der Waals surface area contributed by atoms with E-state index in [0.29, 0.717) is 5.56 Å². The van der Waals surface area contributed by atoms with Gasteiger partial charge in [-0.3, -0.25) is 0 Å². The highest BCUT2D eigenvalue weighted by Crippen LogP contribution is 2.26. The zero-order valence-corrected chi connectivity index (χ0v) is 10.6. The Bertz CT molecular complexity index is 514. The number of hydrogen-bond donors (Lipinski definition) is 0. The molecule has 0 saturated carbocycles. The molecular formula is C12H7BrN2S. The van der Waals surface area contributed by atoms with Crippen molar-refractivity contribution in [3.8, 4) is 6.07 Å². The quantitative estimate of drug-likeness (QED) is 0.842. The maximum atomic E-state index is 8.65. The molecule has 78 valence electrons. The van der Waals surface area contributed by atoms with Gasteiger partial charge in [0.15, 0.2) is 0 Å². The Balaban J connectivity index is 2.15. The number of aromatic nitrogens is 1. The molecule has 2 nitrogen and oxygen atoms in total. The maximum absolute atomic E-state index is 8.65. The van der Waals surface area contributed by atoms with E-state index in [1.165, 1.54) is 0 Å². The highest BCUT2D eigenvalue weighted by atomic mass is 79.9. The Labute approximate surface area is 106 Å². The van der Waals surface area contributed by atoms with E-state index in [2.05, 4.69) is 20.9 Å². The number of hydrogen-bond acceptors (Lipinski definition) is 3. The van der Waals surface area contributed by atoms with Crippen molar-refractivity contribution in [3.05, 3.63) is 52.6 Å². The van der Waals surface area contributed by atoms with Crippen molar-refractivity contribution in [2.24, 2.45) is 0 Å². The van der Waals surface area contributed by atoms with Crippen LogP contribution in [0.5, 0.6) is 0 Å². The first-order chi connectivity index (χ1) is 7.78. The molecule has 1 aromatic carbocycles. The van der Waals surface area contributed by atoms with E-state index < -0.39 is 0 Å². The van der Waals surface area contributed by atoms with Crippen molar-refractivity contribution in [2.45, 2.75) is 9.92 Å². The molecule has 0 bridgehead atoms. The minimum absolute atomic E-state index is 0.583. The smallest absolute Gasteiger partial charge is 0.101 e. The Kier molecular flexibility index (Phi) is 3.60. The van der Waals surface area contributed by atoms with Gasteiger partial charge in [-0.05, 0) is 36.4 Å². The molecule has 1 aromatic heterocycles. The van der Waals surface area contributed by atoms with Crippen molar-refractivity contribution in [3.63, 3.8) is 0 Å². The molecule has 0 aliphatic carbocycles. The van der Waals surface area contributed by atoms with Crippen LogP contribution >= 0.6 is 27.7 Å². The molecule has 0 saturated heterocycles. The van der Waals surface area contributed by atoms with E-state index in [-0.39, 0.29) is 0 Å². The topological polar surface area (TPSA) is 36.7 Å². The molecule has 0 radical (unpaired) electrons. The molecule has 0 amide bonds. The molecule has 2 aromatic rings. The molecule has 4 heteroatoms. The molecule has 1 heterocycles. The second kappa shape index (κ2) is 5.15. The molecule has 0 atom stereocenters. The fraction of sp³-hybridized carbons (Fsp3) is 0. The number of benzene rings is 1. The lowest BCUT2D eigenvalue weighted by atomic mass is 10.3. The monoisotopic (exact) mass is 290 g/mol. The Morgan fingerprint density at radius 2 is 1.88 bits per heavy atom. The van der Waals surface area contributed by atoms with Crippen molar-refractivity contribution in [2.75, 3.05) is 0 Å². The van der Waals surface area contributed by atoms with E-state index in [4.69, 9.17) is 5.26 Å². The van der Waals surface area contributed by atoms with Gasteiger partial charge in [-0.15, -0.1) is 0 Å². The minimum Gasteiger partial charge on any atom is -0.248 e. The van der Waals surface area contributed by atoms with Crippen LogP contribution < -0.4 is 0 Å². The van der Waals surface area contributed by atoms with Crippen LogP contribution in [0.4, 0.5) is 0 Å². The van der Waals surface area contributed by atoms with Gasteiger partial charge in [-0.25, -0.2) is 4.98 Å². The van der Waals surface area contributed by atoms with Crippen LogP contribution in [0.15, 0.2) is 57.0 Å². The lowest BCUT2D eigenvalue weighted by Crippen LogP contribution is -1.81. The van der Waals surface area contributed by atoms with Crippen molar-refractivity contribution < 1.29 is 0 Å². The molecule has 2 rings (SSSR count). The highest BCUT2D eigenvalue weighted by molar-refractivity contribution is 9.10. The predicted molar refractivity (Wildman–Crippen MR) is 67.2 cm³/mol. The summed E-state index contributed by atoms with van der Waals surface area (Å²) in [4.78, 5) is 5.32. The number of halogens is 1. The summed E-state index contributed by atoms with van der Waals surface area (Å²) in [7, 11) is 0. The highest BCUT2D eigenvalue weighted by Gasteiger charge is 1.99. The summed E-state index contributed by atoms with van der Waals surface area (Å²) >= 11 is 4.96. The number of rotatable bonds is 2. The van der Waals surface area contributed by atoms with E-state index >= 15 is 0 Å². The second-order valence-electron chi connectivity index (χ2n) is 3.05. The van der Waals surface area contributed by atoms with E-state index in [0.717, 1.165) is 14.4 Å². The molecule has 0 aliphatic heterocycles. The third kappa shape index (κ3) is 2.84. The van der Waals surface area contributed by atoms with Crippen LogP contribution in [-0.2, 0) is 0 Å². The number of nitriles is 1. The average Bonchev–Trinajstić information content (AvgIpc) is 2.33. The van der Waals surface area contributed by atoms with Crippen LogP contribution in [0.2, 0.25) is 0 Å². The zero-order valence-electron chi connectivity index (χ0n) is 8.22. The molecule has 0 aliphatic rings. The van der Waals surface area contributed by atoms with Crippen LogP contribution in [0.25, 0.3) is 0 Å². The summed E-state index contributed by atoms with van der Waals surface area (Å²) in [6.07, 6.45) is 1.58. The van der Waals surface area contributed by atoms with Gasteiger partial charge in [0.25, 0.3) is 0 Å². The van der Waals surface area contributed by atoms with E-state index in [9.17, 15) is 0 Å². The van der Waals surface area contributed by atoms with Crippen LogP contribution in [0.3, 0.4) is 0 Å². The summed E-state index contributed by atoms with van der Waals surface area (Å²) in [5.74, 6) is 0. The van der Waals surface area contributed by atoms with Crippen LogP contribution in [-0.4, -0.2) is 4.98 Å². The third-order valence-electron chi connectivity index (χ3n) is 1.90. The van der Waals surface area contributed by atoms with Gasteiger partial charge in [0, 0.05) is 15.6 Å². The summed E-state index contributed by atoms with van der Waals surface area (Å²) in [6, 6.07) is 13.7. The normalized spacial score (nSPS) is 9.75. The Morgan fingerprint density at radius 1 is 1.12 bits per heavy atom. The molecule has 0 unspecified atom stereocenters. The van der Waals surface area contributed by atoms with Gasteiger partial charge in [-0.1, -0.05) is 27.7 Å².